The third kappa shape index (κ3) is 2.40. The van der Waals surface area contributed by atoms with Gasteiger partial charge in [0.1, 0.15) is 17.1 Å². The largest absolute Gasteiger partial charge is 0.462 e. The summed E-state index contributed by atoms with van der Waals surface area (Å²) in [5.41, 5.74) is -1.18. The highest BCUT2D eigenvalue weighted by atomic mass is 19.1. The molecule has 0 fully saturated rings. The molecule has 0 saturated heterocycles. The van der Waals surface area contributed by atoms with Crippen molar-refractivity contribution >= 4 is 5.97 Å². The normalized spacial score (nSPS) is 10.5. The molecule has 1 aromatic carbocycles. The van der Waals surface area contributed by atoms with E-state index < -0.39 is 23.2 Å². The Morgan fingerprint density at radius 1 is 1.42 bits per heavy atom. The van der Waals surface area contributed by atoms with Gasteiger partial charge >= 0.3 is 5.97 Å². The molecule has 5 nitrogen and oxygen atoms in total. The van der Waals surface area contributed by atoms with Crippen LogP contribution in [0.2, 0.25) is 0 Å². The molecule has 0 spiro atoms. The number of halogens is 2. The van der Waals surface area contributed by atoms with Crippen molar-refractivity contribution in [1.82, 2.24) is 9.78 Å². The first-order valence-corrected chi connectivity index (χ1v) is 5.47. The summed E-state index contributed by atoms with van der Waals surface area (Å²) in [5, 5.41) is 2.43. The predicted octanol–water partition coefficient (Wildman–Crippen LogP) is 1.62. The lowest BCUT2D eigenvalue weighted by Gasteiger charge is -2.02. The molecule has 7 heteroatoms. The highest BCUT2D eigenvalue weighted by molar-refractivity contribution is 5.88. The average molecular weight is 268 g/mol. The highest BCUT2D eigenvalue weighted by Crippen LogP contribution is 2.12. The predicted molar refractivity (Wildman–Crippen MR) is 62.3 cm³/mol. The van der Waals surface area contributed by atoms with Gasteiger partial charge in [0.15, 0.2) is 5.82 Å². The maximum atomic E-state index is 13.5. The van der Waals surface area contributed by atoms with Gasteiger partial charge in [-0.05, 0) is 19.1 Å². The Hall–Kier alpha value is -2.44. The third-order valence-electron chi connectivity index (χ3n) is 2.42. The maximum absolute atomic E-state index is 13.5. The molecule has 100 valence electrons. The fraction of sp³-hybridized carbons (Fsp3) is 0.167. The minimum absolute atomic E-state index is 0.119. The number of H-pyrrole nitrogens is 1. The average Bonchev–Trinajstić information content (AvgIpc) is 2.72. The molecule has 1 N–H and O–H groups in total. The molecular formula is C12H10F2N2O3. The van der Waals surface area contributed by atoms with Crippen LogP contribution in [0.5, 0.6) is 0 Å². The van der Waals surface area contributed by atoms with Crippen molar-refractivity contribution in [1.29, 1.82) is 0 Å². The molecule has 0 radical (unpaired) electrons. The molecule has 0 unspecified atom stereocenters. The summed E-state index contributed by atoms with van der Waals surface area (Å²) < 4.78 is 31.8. The van der Waals surface area contributed by atoms with E-state index in [0.717, 1.165) is 23.0 Å². The Morgan fingerprint density at radius 2 is 2.16 bits per heavy atom. The Labute approximate surface area is 106 Å². The van der Waals surface area contributed by atoms with E-state index in [1.54, 1.807) is 6.92 Å². The molecule has 1 heterocycles. The van der Waals surface area contributed by atoms with Crippen molar-refractivity contribution in [2.24, 2.45) is 0 Å². The van der Waals surface area contributed by atoms with E-state index in [0.29, 0.717) is 6.07 Å². The zero-order valence-electron chi connectivity index (χ0n) is 9.94. The van der Waals surface area contributed by atoms with Gasteiger partial charge in [-0.25, -0.2) is 18.3 Å². The number of hydrogen-bond acceptors (Lipinski definition) is 3. The van der Waals surface area contributed by atoms with E-state index in [1.165, 1.54) is 0 Å². The number of esters is 1. The molecule has 0 atom stereocenters. The van der Waals surface area contributed by atoms with Crippen LogP contribution < -0.4 is 5.56 Å². The number of carbonyl (C=O) groups excluding carboxylic acids is 1. The van der Waals surface area contributed by atoms with Gasteiger partial charge in [0.2, 0.25) is 0 Å². The van der Waals surface area contributed by atoms with Crippen molar-refractivity contribution in [3.63, 3.8) is 0 Å². The second kappa shape index (κ2) is 5.05. The quantitative estimate of drug-likeness (QED) is 0.860. The van der Waals surface area contributed by atoms with E-state index in [2.05, 4.69) is 9.84 Å². The van der Waals surface area contributed by atoms with Crippen LogP contribution in [0.4, 0.5) is 8.78 Å². The molecule has 1 aromatic heterocycles. The van der Waals surface area contributed by atoms with Gasteiger partial charge in [0.25, 0.3) is 5.56 Å². The van der Waals surface area contributed by atoms with Crippen molar-refractivity contribution in [3.8, 4) is 5.69 Å². The number of ether oxygens (including phenoxy) is 1. The van der Waals surface area contributed by atoms with Crippen molar-refractivity contribution in [2.75, 3.05) is 6.61 Å². The van der Waals surface area contributed by atoms with E-state index in [-0.39, 0.29) is 17.9 Å². The molecule has 0 bridgehead atoms. The number of aromatic nitrogens is 2. The number of carbonyl (C=O) groups is 1. The lowest BCUT2D eigenvalue weighted by atomic mass is 10.3. The highest BCUT2D eigenvalue weighted by Gasteiger charge is 2.18. The number of nitrogens with one attached hydrogen (secondary N) is 1. The molecule has 0 aliphatic heterocycles. The topological polar surface area (TPSA) is 64.1 Å². The zero-order valence-corrected chi connectivity index (χ0v) is 9.94. The SMILES string of the molecule is CCOC(=O)c1c[nH]n(-c2ccc(F)cc2F)c1=O. The van der Waals surface area contributed by atoms with E-state index in [1.807, 2.05) is 0 Å². The van der Waals surface area contributed by atoms with Crippen molar-refractivity contribution < 1.29 is 18.3 Å². The first kappa shape index (κ1) is 13.0. The van der Waals surface area contributed by atoms with Crippen LogP contribution in [0.25, 0.3) is 5.69 Å². The van der Waals surface area contributed by atoms with Crippen molar-refractivity contribution in [3.05, 3.63) is 51.9 Å². The Morgan fingerprint density at radius 3 is 2.79 bits per heavy atom. The van der Waals surface area contributed by atoms with Crippen LogP contribution >= 0.6 is 0 Å². The van der Waals surface area contributed by atoms with E-state index in [9.17, 15) is 18.4 Å². The minimum Gasteiger partial charge on any atom is -0.462 e. The summed E-state index contributed by atoms with van der Waals surface area (Å²) in [6.07, 6.45) is 1.11. The standard InChI is InChI=1S/C12H10F2N2O3/c1-2-19-12(18)8-6-15-16(11(8)17)10-4-3-7(13)5-9(10)14/h3-6,15H,2H2,1H3. The molecule has 0 aliphatic rings. The first-order valence-electron chi connectivity index (χ1n) is 5.47. The fourth-order valence-electron chi connectivity index (χ4n) is 1.57. The lowest BCUT2D eigenvalue weighted by Crippen LogP contribution is -2.22. The number of benzene rings is 1. The molecule has 0 saturated carbocycles. The third-order valence-corrected chi connectivity index (χ3v) is 2.42. The van der Waals surface area contributed by atoms with Gasteiger partial charge in [-0.2, -0.15) is 0 Å². The summed E-state index contributed by atoms with van der Waals surface area (Å²) in [4.78, 5) is 23.3. The van der Waals surface area contributed by atoms with E-state index >= 15 is 0 Å². The van der Waals surface area contributed by atoms with Gasteiger partial charge in [-0.1, -0.05) is 0 Å². The van der Waals surface area contributed by atoms with Gasteiger partial charge in [0, 0.05) is 12.3 Å². The maximum Gasteiger partial charge on any atom is 0.345 e. The Kier molecular flexibility index (Phi) is 3.46. The van der Waals surface area contributed by atoms with Crippen LogP contribution in [-0.2, 0) is 4.74 Å². The van der Waals surface area contributed by atoms with Crippen LogP contribution in [0.3, 0.4) is 0 Å². The molecule has 0 aliphatic carbocycles. The number of aromatic amines is 1. The summed E-state index contributed by atoms with van der Waals surface area (Å²) in [6, 6.07) is 2.75. The second-order valence-electron chi connectivity index (χ2n) is 3.64. The molecule has 19 heavy (non-hydrogen) atoms. The summed E-state index contributed by atoms with van der Waals surface area (Å²) in [7, 11) is 0. The smallest absolute Gasteiger partial charge is 0.345 e. The van der Waals surface area contributed by atoms with Gasteiger partial charge in [-0.15, -0.1) is 0 Å². The van der Waals surface area contributed by atoms with Gasteiger partial charge in [0.05, 0.1) is 6.61 Å². The van der Waals surface area contributed by atoms with Crippen LogP contribution in [0.15, 0.2) is 29.2 Å². The zero-order chi connectivity index (χ0) is 14.0. The molecule has 2 aromatic rings. The minimum atomic E-state index is -0.917. The van der Waals surface area contributed by atoms with Crippen LogP contribution in [-0.4, -0.2) is 22.4 Å². The molecular weight excluding hydrogens is 258 g/mol. The monoisotopic (exact) mass is 268 g/mol. The molecule has 2 rings (SSSR count). The fourth-order valence-corrected chi connectivity index (χ4v) is 1.57. The lowest BCUT2D eigenvalue weighted by molar-refractivity contribution is 0.0525. The van der Waals surface area contributed by atoms with Gasteiger partial charge in [-0.3, -0.25) is 9.89 Å². The number of nitrogens with zero attached hydrogens (tertiary/aromatic N) is 1. The Bertz CT molecular complexity index is 676. The summed E-state index contributed by atoms with van der Waals surface area (Å²) in [5.74, 6) is -2.48. The summed E-state index contributed by atoms with van der Waals surface area (Å²) in [6.45, 7) is 1.72. The van der Waals surface area contributed by atoms with E-state index in [4.69, 9.17) is 0 Å². The number of rotatable bonds is 3. The summed E-state index contributed by atoms with van der Waals surface area (Å²) >= 11 is 0. The van der Waals surface area contributed by atoms with Crippen LogP contribution in [0, 0.1) is 11.6 Å². The molecule has 0 amide bonds. The first-order chi connectivity index (χ1) is 9.04. The number of hydrogen-bond donors (Lipinski definition) is 1. The second-order valence-corrected chi connectivity index (χ2v) is 3.64. The van der Waals surface area contributed by atoms with Crippen LogP contribution in [0.1, 0.15) is 17.3 Å². The Balaban J connectivity index is 2.48. The van der Waals surface area contributed by atoms with Gasteiger partial charge < -0.3 is 4.74 Å². The van der Waals surface area contributed by atoms with Crippen molar-refractivity contribution in [2.45, 2.75) is 6.92 Å².